The lowest BCUT2D eigenvalue weighted by Gasteiger charge is -2.47. The molecule has 10 atom stereocenters. The van der Waals surface area contributed by atoms with Crippen LogP contribution in [0.25, 0.3) is 0 Å². The second-order valence-corrected chi connectivity index (χ2v) is 50.7. The van der Waals surface area contributed by atoms with Crippen molar-refractivity contribution in [1.82, 2.24) is 10.6 Å². The van der Waals surface area contributed by atoms with Crippen LogP contribution in [0.1, 0.15) is 168 Å². The number of hydrogen-bond acceptors (Lipinski definition) is 38. The average molecular weight is 2130 g/mol. The molecule has 0 heterocycles. The highest BCUT2D eigenvalue weighted by molar-refractivity contribution is 6.84. The van der Waals surface area contributed by atoms with Gasteiger partial charge in [-0.2, -0.15) is 0 Å². The zero-order valence-electron chi connectivity index (χ0n) is 91.1. The molecule has 0 aromatic rings. The molecule has 2 N–H and O–H groups in total. The van der Waals surface area contributed by atoms with Gasteiger partial charge in [-0.25, -0.2) is 52.7 Å². The molecule has 148 heavy (non-hydrogen) atoms. The lowest BCUT2D eigenvalue weighted by atomic mass is 9.59. The summed E-state index contributed by atoms with van der Waals surface area (Å²) in [7, 11) is -3.35. The number of carbonyl (C=O) groups excluding carboxylic acids is 14. The SMILES string of the molecule is C=CC(=O)OCC(COCC(COC(=O)C=C)(COC(=O)C=C)COC(=O)CC1(C)CC(CNCC(=O)OC(C)COC(C)COC(C)COCCC[Si](C)(C)O[Si](C)(C)CCC)CC(C)(C)C1)(COC(=O)C=C)COC(=O)C=C.C=CC(=O)OCC(COCC(COC(=O)C=C)(COC(=O)C=C)COC(=O)NC1(C)CC(CCC(=O)OC(C)COC(C)COC(C)COCC)CC(C)(C)C1)(COC(=O)C=C)COC(=O)C=C. The second-order valence-electron chi connectivity index (χ2n) is 41.8. The predicted molar refractivity (Wildman–Crippen MR) is 554 cm³/mol. The number of rotatable bonds is 79. The molecule has 0 saturated heterocycles. The first-order chi connectivity index (χ1) is 69.4. The Morgan fingerprint density at radius 2 is 0.662 bits per heavy atom. The van der Waals surface area contributed by atoms with E-state index in [1.54, 1.807) is 13.8 Å². The monoisotopic (exact) mass is 2130 g/mol. The van der Waals surface area contributed by atoms with Crippen LogP contribution in [-0.2, 0) is 171 Å². The Balaban J connectivity index is 0.00000150. The molecule has 0 aliphatic heterocycles. The number of amides is 1. The standard InChI is InChI=1S/C58H97NO19Si2.C49H75NO18/c1-17-25-79(13,14)78-80(15,16)26-23-24-67-32-44(7)69-33-45(8)70-34-46(9)77-54(66)31-59-30-47-27-55(10,11)35-56(12,28-47)29-53(65)76-43-58(41-74-51(63)21-5,42-75-52(64)22-6)37-68-36-57(38-71-48(60)18-2,39-72-49(61)19-3)40-73-50(62)20-4;1-13-39(51)62-29-48(30-63-40(52)14-2,31-64-41(53)15-3)27-59-28-49(32-65-42(54)16-4,33-66-43(55)17-5)34-67-45(57)50-47(12)22-38(21-46(10,11)26-47)19-20-44(56)68-37(9)25-61-36(8)24-60-35(7)23-58-18-6/h18-22,44-47,59H,2-6,17,23-43H2,1,7-16H3;13-17,35-38H,1-5,18-34H2,6-12H3,(H,50,57). The van der Waals surface area contributed by atoms with Crippen LogP contribution in [0.4, 0.5) is 4.79 Å². The Hall–Kier alpha value is -10.2. The minimum atomic E-state index is -1.73. The fraction of sp³-hybridized carbons (Fsp3) is 0.682. The Labute approximate surface area is 878 Å². The molecule has 39 nitrogen and oxygen atoms in total. The summed E-state index contributed by atoms with van der Waals surface area (Å²) in [4.78, 5) is 176. The zero-order chi connectivity index (χ0) is 112. The Kier molecular flexibility index (Phi) is 64.3. The van der Waals surface area contributed by atoms with Crippen molar-refractivity contribution in [3.05, 3.63) is 127 Å². The molecule has 2 aliphatic carbocycles. The van der Waals surface area contributed by atoms with E-state index in [1.807, 2.05) is 48.5 Å². The molecule has 1 amide bonds. The predicted octanol–water partition coefficient (Wildman–Crippen LogP) is 13.5. The number of nitrogens with one attached hydrogen (secondary N) is 2. The van der Waals surface area contributed by atoms with Crippen LogP contribution in [0.15, 0.2) is 127 Å². The largest absolute Gasteiger partial charge is 0.465 e. The van der Waals surface area contributed by atoms with Gasteiger partial charge < -0.3 is 119 Å². The quantitative estimate of drug-likeness (QED) is 0.0188. The Morgan fingerprint density at radius 3 is 1.01 bits per heavy atom. The molecule has 0 aromatic carbocycles. The van der Waals surface area contributed by atoms with E-state index in [2.05, 4.69) is 137 Å². The minimum Gasteiger partial charge on any atom is -0.465 e. The summed E-state index contributed by atoms with van der Waals surface area (Å²) in [6.07, 6.45) is 13.2. The molecule has 2 fully saturated rings. The minimum absolute atomic E-state index is 0.0191. The molecule has 0 bridgehead atoms. The van der Waals surface area contributed by atoms with E-state index < -0.39 is 245 Å². The van der Waals surface area contributed by atoms with Gasteiger partial charge in [0.25, 0.3) is 0 Å². The van der Waals surface area contributed by atoms with Gasteiger partial charge in [-0.15, -0.1) is 0 Å². The highest BCUT2D eigenvalue weighted by Crippen LogP contribution is 2.51. The van der Waals surface area contributed by atoms with Crippen molar-refractivity contribution in [3.63, 3.8) is 0 Å². The first-order valence-electron chi connectivity index (χ1n) is 50.0. The van der Waals surface area contributed by atoms with E-state index in [1.165, 1.54) is 6.04 Å². The molecular formula is C107H172N2O37Si2. The molecule has 0 aromatic heterocycles. The van der Waals surface area contributed by atoms with Crippen molar-refractivity contribution in [2.45, 2.75) is 248 Å². The fourth-order valence-electron chi connectivity index (χ4n) is 17.3. The molecular weight excluding hydrogens is 1960 g/mol. The van der Waals surface area contributed by atoms with Crippen LogP contribution in [0.2, 0.25) is 38.3 Å². The van der Waals surface area contributed by atoms with Crippen LogP contribution >= 0.6 is 0 Å². The topological polar surface area (TPSA) is 475 Å². The smallest absolute Gasteiger partial charge is 0.407 e. The maximum Gasteiger partial charge on any atom is 0.407 e. The van der Waals surface area contributed by atoms with E-state index in [4.69, 9.17) is 108 Å². The molecule has 2 saturated carbocycles. The van der Waals surface area contributed by atoms with Crippen LogP contribution in [-0.4, -0.2) is 314 Å². The Morgan fingerprint density at radius 1 is 0.351 bits per heavy atom. The van der Waals surface area contributed by atoms with Gasteiger partial charge in [0.15, 0.2) is 16.6 Å². The number of hydrogen-bond donors (Lipinski definition) is 2. The fourth-order valence-corrected chi connectivity index (χ4v) is 26.3. The van der Waals surface area contributed by atoms with Gasteiger partial charge >= 0.3 is 83.7 Å². The molecule has 0 radical (unpaired) electrons. The molecule has 0 spiro atoms. The lowest BCUT2D eigenvalue weighted by molar-refractivity contribution is -0.173. The van der Waals surface area contributed by atoms with Gasteiger partial charge in [0.2, 0.25) is 0 Å². The van der Waals surface area contributed by atoms with E-state index in [0.717, 1.165) is 92.5 Å². The van der Waals surface area contributed by atoms with Crippen LogP contribution in [0.3, 0.4) is 0 Å². The summed E-state index contributed by atoms with van der Waals surface area (Å²) in [6.45, 7) is 66.5. The van der Waals surface area contributed by atoms with E-state index >= 15 is 0 Å². The summed E-state index contributed by atoms with van der Waals surface area (Å²) in [5, 5.41) is 6.24. The van der Waals surface area contributed by atoms with Crippen LogP contribution < -0.4 is 10.6 Å². The zero-order valence-corrected chi connectivity index (χ0v) is 93.1. The maximum atomic E-state index is 13.9. The maximum absolute atomic E-state index is 13.9. The van der Waals surface area contributed by atoms with Gasteiger partial charge in [-0.05, 0) is 180 Å². The third kappa shape index (κ3) is 60.6. The highest BCUT2D eigenvalue weighted by Gasteiger charge is 2.48. The van der Waals surface area contributed by atoms with Crippen molar-refractivity contribution in [1.29, 1.82) is 0 Å². The third-order valence-corrected chi connectivity index (χ3v) is 31.2. The molecule has 840 valence electrons. The number of ether oxygens (including phenoxy) is 22. The lowest BCUT2D eigenvalue weighted by Crippen LogP contribution is -2.54. The third-order valence-electron chi connectivity index (χ3n) is 23.5. The van der Waals surface area contributed by atoms with Crippen molar-refractivity contribution in [3.8, 4) is 0 Å². The number of carbonyl (C=O) groups is 14. The van der Waals surface area contributed by atoms with E-state index in [9.17, 15) is 67.1 Å². The summed E-state index contributed by atoms with van der Waals surface area (Å²) in [6, 6.07) is 2.24. The normalized spacial score (nSPS) is 17.7. The highest BCUT2D eigenvalue weighted by atomic mass is 28.4. The van der Waals surface area contributed by atoms with E-state index in [0.29, 0.717) is 78.3 Å². The van der Waals surface area contributed by atoms with Gasteiger partial charge in [0.05, 0.1) is 125 Å². The molecule has 41 heteroatoms. The summed E-state index contributed by atoms with van der Waals surface area (Å²) < 4.78 is 130. The van der Waals surface area contributed by atoms with Gasteiger partial charge in [-0.3, -0.25) is 14.4 Å². The molecule has 2 rings (SSSR count). The van der Waals surface area contributed by atoms with Crippen LogP contribution in [0.5, 0.6) is 0 Å². The first kappa shape index (κ1) is 136. The molecule has 2 aliphatic rings. The number of esters is 13. The van der Waals surface area contributed by atoms with Crippen molar-refractivity contribution in [2.75, 3.05) is 172 Å². The second kappa shape index (κ2) is 70.0. The van der Waals surface area contributed by atoms with Crippen molar-refractivity contribution in [2.24, 2.45) is 49.7 Å². The average Bonchev–Trinajstić information content (AvgIpc) is 0.791. The van der Waals surface area contributed by atoms with Gasteiger partial charge in [-0.1, -0.05) is 114 Å². The van der Waals surface area contributed by atoms with Crippen molar-refractivity contribution >= 4 is 100 Å². The van der Waals surface area contributed by atoms with Crippen molar-refractivity contribution < 1.29 is 175 Å². The van der Waals surface area contributed by atoms with E-state index in [-0.39, 0.29) is 85.7 Å². The van der Waals surface area contributed by atoms with Gasteiger partial charge in [0.1, 0.15) is 91.5 Å². The number of alkyl carbamates (subject to hydrolysis) is 1. The molecule has 10 unspecified atom stereocenters. The summed E-state index contributed by atoms with van der Waals surface area (Å²) >= 11 is 0. The first-order valence-corrected chi connectivity index (χ1v) is 56.3. The summed E-state index contributed by atoms with van der Waals surface area (Å²) in [5.74, 6) is -9.82. The van der Waals surface area contributed by atoms with Crippen LogP contribution in [0, 0.1) is 49.7 Å². The Bertz CT molecular complexity index is 4090. The van der Waals surface area contributed by atoms with Gasteiger partial charge in [0, 0.05) is 85.9 Å². The summed E-state index contributed by atoms with van der Waals surface area (Å²) in [5.41, 5.74) is -8.11.